The molecular weight excluding hydrogens is 364 g/mol. The lowest BCUT2D eigenvalue weighted by Crippen LogP contribution is -2.14. The summed E-state index contributed by atoms with van der Waals surface area (Å²) in [5.74, 6) is 1.48. The average Bonchev–Trinajstić information content (AvgIpc) is 3.13. The number of fused-ring (bicyclic) bond motifs is 1. The molecule has 2 aromatic rings. The van der Waals surface area contributed by atoms with Crippen LogP contribution in [-0.4, -0.2) is 24.4 Å². The molecule has 142 valence electrons. The maximum Gasteiger partial charge on any atom is 0.234 e. The normalized spacial score (nSPS) is 11.9. The van der Waals surface area contributed by atoms with Gasteiger partial charge in [0, 0.05) is 28.8 Å². The van der Waals surface area contributed by atoms with Crippen molar-refractivity contribution in [3.63, 3.8) is 0 Å². The summed E-state index contributed by atoms with van der Waals surface area (Å²) < 4.78 is 10.6. The van der Waals surface area contributed by atoms with Crippen LogP contribution in [0.2, 0.25) is 0 Å². The number of hydrogen-bond acceptors (Lipinski definition) is 5. The van der Waals surface area contributed by atoms with Gasteiger partial charge in [0.05, 0.1) is 5.75 Å². The molecule has 0 bridgehead atoms. The zero-order valence-corrected chi connectivity index (χ0v) is 15.9. The van der Waals surface area contributed by atoms with E-state index in [0.29, 0.717) is 23.6 Å². The Hall–Kier alpha value is -2.67. The first-order valence-corrected chi connectivity index (χ1v) is 9.85. The van der Waals surface area contributed by atoms with Gasteiger partial charge in [0.1, 0.15) is 0 Å². The number of unbranched alkanes of at least 4 members (excludes halogenated alkanes) is 1. The van der Waals surface area contributed by atoms with Crippen molar-refractivity contribution in [1.29, 1.82) is 0 Å². The number of thioether (sulfide) groups is 1. The van der Waals surface area contributed by atoms with Crippen molar-refractivity contribution in [3.05, 3.63) is 42.5 Å². The predicted molar refractivity (Wildman–Crippen MR) is 107 cm³/mol. The maximum atomic E-state index is 12.2. The Morgan fingerprint density at radius 2 is 1.78 bits per heavy atom. The predicted octanol–water partition coefficient (Wildman–Crippen LogP) is 4.27. The van der Waals surface area contributed by atoms with Gasteiger partial charge < -0.3 is 20.1 Å². The Labute approximate surface area is 162 Å². The number of carbonyl (C=O) groups is 2. The largest absolute Gasteiger partial charge is 0.454 e. The summed E-state index contributed by atoms with van der Waals surface area (Å²) >= 11 is 1.41. The van der Waals surface area contributed by atoms with Crippen LogP contribution in [0.1, 0.15) is 26.2 Å². The molecule has 0 spiro atoms. The minimum absolute atomic E-state index is 0.0135. The van der Waals surface area contributed by atoms with Crippen LogP contribution in [0, 0.1) is 0 Å². The first-order valence-electron chi connectivity index (χ1n) is 8.86. The van der Waals surface area contributed by atoms with E-state index in [0.717, 1.165) is 23.4 Å². The number of anilines is 2. The molecule has 0 saturated carbocycles. The number of amides is 2. The smallest absolute Gasteiger partial charge is 0.234 e. The van der Waals surface area contributed by atoms with Gasteiger partial charge in [0.2, 0.25) is 18.6 Å². The molecular formula is C20H22N2O4S. The molecule has 7 heteroatoms. The molecule has 1 aliphatic heterocycles. The minimum atomic E-state index is -0.115. The van der Waals surface area contributed by atoms with Crippen molar-refractivity contribution in [3.8, 4) is 11.5 Å². The summed E-state index contributed by atoms with van der Waals surface area (Å²) in [6, 6.07) is 12.8. The van der Waals surface area contributed by atoms with Gasteiger partial charge in [-0.2, -0.15) is 0 Å². The number of rotatable bonds is 8. The van der Waals surface area contributed by atoms with Crippen LogP contribution in [0.15, 0.2) is 47.4 Å². The zero-order chi connectivity index (χ0) is 19.1. The molecule has 1 aliphatic rings. The molecule has 2 amide bonds. The Morgan fingerprint density at radius 3 is 2.63 bits per heavy atom. The van der Waals surface area contributed by atoms with E-state index in [4.69, 9.17) is 9.47 Å². The van der Waals surface area contributed by atoms with Crippen LogP contribution >= 0.6 is 11.8 Å². The molecule has 2 N–H and O–H groups in total. The molecule has 0 unspecified atom stereocenters. The molecule has 0 atom stereocenters. The Balaban J connectivity index is 1.50. The summed E-state index contributed by atoms with van der Waals surface area (Å²) in [5, 5.41) is 5.74. The number of benzene rings is 2. The Bertz CT molecular complexity index is 825. The fourth-order valence-corrected chi connectivity index (χ4v) is 3.30. The Morgan fingerprint density at radius 1 is 1.00 bits per heavy atom. The van der Waals surface area contributed by atoms with Crippen LogP contribution in [0.25, 0.3) is 0 Å². The fraction of sp³-hybridized carbons (Fsp3) is 0.300. The molecule has 3 rings (SSSR count). The Kier molecular flexibility index (Phi) is 6.59. The monoisotopic (exact) mass is 386 g/mol. The van der Waals surface area contributed by atoms with Crippen LogP contribution in [0.5, 0.6) is 11.5 Å². The molecule has 0 aliphatic carbocycles. The van der Waals surface area contributed by atoms with E-state index in [2.05, 4.69) is 17.6 Å². The quantitative estimate of drug-likeness (QED) is 0.663. The van der Waals surface area contributed by atoms with E-state index in [1.165, 1.54) is 11.8 Å². The van der Waals surface area contributed by atoms with Crippen LogP contribution in [0.3, 0.4) is 0 Å². The van der Waals surface area contributed by atoms with E-state index < -0.39 is 0 Å². The van der Waals surface area contributed by atoms with E-state index in [1.807, 2.05) is 24.3 Å². The molecule has 0 radical (unpaired) electrons. The van der Waals surface area contributed by atoms with E-state index in [1.54, 1.807) is 18.2 Å². The number of nitrogens with one attached hydrogen (secondary N) is 2. The average molecular weight is 386 g/mol. The van der Waals surface area contributed by atoms with Crippen molar-refractivity contribution in [2.24, 2.45) is 0 Å². The third-order valence-electron chi connectivity index (χ3n) is 3.90. The SMILES string of the molecule is CCCCC(=O)Nc1cccc(SCC(=O)Nc2ccc3c(c2)OCO3)c1. The highest BCUT2D eigenvalue weighted by Crippen LogP contribution is 2.34. The summed E-state index contributed by atoms with van der Waals surface area (Å²) in [4.78, 5) is 24.9. The fourth-order valence-electron chi connectivity index (χ4n) is 2.54. The van der Waals surface area contributed by atoms with E-state index in [9.17, 15) is 9.59 Å². The third kappa shape index (κ3) is 5.65. The standard InChI is InChI=1S/C20H22N2O4S/c1-2-3-7-19(23)21-14-5-4-6-16(10-14)27-12-20(24)22-15-8-9-17-18(11-15)26-13-25-17/h4-6,8-11H,2-3,7,12-13H2,1H3,(H,21,23)(H,22,24). The maximum absolute atomic E-state index is 12.2. The first kappa shape index (κ1) is 19.1. The van der Waals surface area contributed by atoms with Crippen molar-refractivity contribution in [2.75, 3.05) is 23.2 Å². The van der Waals surface area contributed by atoms with Gasteiger partial charge in [0.25, 0.3) is 0 Å². The molecule has 2 aromatic carbocycles. The highest BCUT2D eigenvalue weighted by molar-refractivity contribution is 8.00. The molecule has 0 fully saturated rings. The van der Waals surface area contributed by atoms with Crippen molar-refractivity contribution < 1.29 is 19.1 Å². The first-order chi connectivity index (χ1) is 13.1. The van der Waals surface area contributed by atoms with Gasteiger partial charge >= 0.3 is 0 Å². The second-order valence-electron chi connectivity index (χ2n) is 6.08. The molecule has 6 nitrogen and oxygen atoms in total. The van der Waals surface area contributed by atoms with Crippen molar-refractivity contribution >= 4 is 35.0 Å². The highest BCUT2D eigenvalue weighted by Gasteiger charge is 2.14. The second kappa shape index (κ2) is 9.32. The number of carbonyl (C=O) groups excluding carboxylic acids is 2. The lowest BCUT2D eigenvalue weighted by Gasteiger charge is -2.08. The number of ether oxygens (including phenoxy) is 2. The summed E-state index contributed by atoms with van der Waals surface area (Å²) in [7, 11) is 0. The van der Waals surface area contributed by atoms with Gasteiger partial charge in [-0.15, -0.1) is 11.8 Å². The topological polar surface area (TPSA) is 76.7 Å². The second-order valence-corrected chi connectivity index (χ2v) is 7.13. The van der Waals surface area contributed by atoms with Gasteiger partial charge in [-0.05, 0) is 36.8 Å². The van der Waals surface area contributed by atoms with E-state index >= 15 is 0 Å². The lowest BCUT2D eigenvalue weighted by molar-refractivity contribution is -0.116. The molecule has 0 aromatic heterocycles. The lowest BCUT2D eigenvalue weighted by atomic mass is 10.2. The number of hydrogen-bond donors (Lipinski definition) is 2. The van der Waals surface area contributed by atoms with Crippen LogP contribution < -0.4 is 20.1 Å². The van der Waals surface area contributed by atoms with Crippen molar-refractivity contribution in [2.45, 2.75) is 31.1 Å². The molecule has 27 heavy (non-hydrogen) atoms. The molecule has 0 saturated heterocycles. The zero-order valence-electron chi connectivity index (χ0n) is 15.1. The van der Waals surface area contributed by atoms with Gasteiger partial charge in [-0.1, -0.05) is 19.4 Å². The van der Waals surface area contributed by atoms with E-state index in [-0.39, 0.29) is 24.4 Å². The summed E-state index contributed by atoms with van der Waals surface area (Å²) in [6.45, 7) is 2.26. The summed E-state index contributed by atoms with van der Waals surface area (Å²) in [5.41, 5.74) is 1.42. The van der Waals surface area contributed by atoms with Crippen LogP contribution in [-0.2, 0) is 9.59 Å². The van der Waals surface area contributed by atoms with Gasteiger partial charge in [-0.25, -0.2) is 0 Å². The van der Waals surface area contributed by atoms with Gasteiger partial charge in [0.15, 0.2) is 11.5 Å². The third-order valence-corrected chi connectivity index (χ3v) is 4.90. The van der Waals surface area contributed by atoms with Gasteiger partial charge in [-0.3, -0.25) is 9.59 Å². The molecule has 1 heterocycles. The highest BCUT2D eigenvalue weighted by atomic mass is 32.2. The summed E-state index contributed by atoms with van der Waals surface area (Å²) in [6.07, 6.45) is 2.38. The van der Waals surface area contributed by atoms with Crippen LogP contribution in [0.4, 0.5) is 11.4 Å². The minimum Gasteiger partial charge on any atom is -0.454 e. The van der Waals surface area contributed by atoms with Crippen molar-refractivity contribution in [1.82, 2.24) is 0 Å².